The lowest BCUT2D eigenvalue weighted by Gasteiger charge is -2.26. The van der Waals surface area contributed by atoms with Gasteiger partial charge in [-0.1, -0.05) is 55.7 Å². The summed E-state index contributed by atoms with van der Waals surface area (Å²) in [4.78, 5) is 55.0. The molecule has 3 amide bonds. The molecule has 0 bridgehead atoms. The van der Waals surface area contributed by atoms with Gasteiger partial charge in [0.05, 0.1) is 6.21 Å². The van der Waals surface area contributed by atoms with Crippen molar-refractivity contribution in [3.63, 3.8) is 0 Å². The van der Waals surface area contributed by atoms with Crippen molar-refractivity contribution in [2.24, 2.45) is 5.92 Å². The molecule has 9 nitrogen and oxygen atoms in total. The van der Waals surface area contributed by atoms with E-state index in [9.17, 15) is 19.2 Å². The van der Waals surface area contributed by atoms with Crippen molar-refractivity contribution in [3.8, 4) is 0 Å². The van der Waals surface area contributed by atoms with Crippen LogP contribution in [-0.4, -0.2) is 46.8 Å². The molecule has 2 aromatic carbocycles. The quantitative estimate of drug-likeness (QED) is 0.227. The van der Waals surface area contributed by atoms with E-state index in [1.165, 1.54) is 0 Å². The van der Waals surface area contributed by atoms with Crippen molar-refractivity contribution in [1.29, 1.82) is 5.41 Å². The number of hydrogen-bond acceptors (Lipinski definition) is 5. The number of rotatable bonds is 12. The number of para-hydroxylation sites is 2. The van der Waals surface area contributed by atoms with Crippen LogP contribution in [0.25, 0.3) is 10.9 Å². The lowest BCUT2D eigenvalue weighted by Crippen LogP contribution is -2.54. The molecule has 1 saturated carbocycles. The smallest absolute Gasteiger partial charge is 0.246 e. The third kappa shape index (κ3) is 7.63. The Bertz CT molecular complexity index is 1310. The first-order valence-corrected chi connectivity index (χ1v) is 13.5. The average Bonchev–Trinajstić information content (AvgIpc) is 3.38. The van der Waals surface area contributed by atoms with E-state index in [4.69, 9.17) is 5.41 Å². The van der Waals surface area contributed by atoms with Crippen molar-refractivity contribution < 1.29 is 19.2 Å². The van der Waals surface area contributed by atoms with Crippen LogP contribution in [0.1, 0.15) is 50.5 Å². The molecule has 9 heteroatoms. The summed E-state index contributed by atoms with van der Waals surface area (Å²) in [5.74, 6) is -1.71. The Hall–Kier alpha value is -4.27. The molecule has 0 radical (unpaired) electrons. The number of fused-ring (bicyclic) bond motifs is 1. The van der Waals surface area contributed by atoms with Crippen molar-refractivity contribution in [2.45, 2.75) is 63.5 Å². The fourth-order valence-corrected chi connectivity index (χ4v) is 5.03. The van der Waals surface area contributed by atoms with Crippen LogP contribution in [0.2, 0.25) is 0 Å². The van der Waals surface area contributed by atoms with Crippen LogP contribution >= 0.6 is 0 Å². The summed E-state index contributed by atoms with van der Waals surface area (Å²) in [5, 5.41) is 16.7. The number of amides is 3. The number of nitrogens with one attached hydrogen (secondary N) is 5. The van der Waals surface area contributed by atoms with Crippen LogP contribution in [0.15, 0.2) is 60.8 Å². The third-order valence-corrected chi connectivity index (χ3v) is 7.22. The van der Waals surface area contributed by atoms with Gasteiger partial charge in [-0.2, -0.15) is 0 Å². The van der Waals surface area contributed by atoms with Crippen molar-refractivity contribution >= 4 is 46.3 Å². The number of carbonyl (C=O) groups excluding carboxylic acids is 4. The van der Waals surface area contributed by atoms with E-state index in [1.807, 2.05) is 36.5 Å². The van der Waals surface area contributed by atoms with Crippen molar-refractivity contribution in [1.82, 2.24) is 15.6 Å². The Morgan fingerprint density at radius 1 is 0.897 bits per heavy atom. The van der Waals surface area contributed by atoms with E-state index in [0.717, 1.165) is 48.6 Å². The lowest BCUT2D eigenvalue weighted by molar-refractivity contribution is -0.133. The van der Waals surface area contributed by atoms with Gasteiger partial charge >= 0.3 is 0 Å². The molecule has 3 aromatic rings. The minimum atomic E-state index is -1.03. The lowest BCUT2D eigenvalue weighted by atomic mass is 9.88. The van der Waals surface area contributed by atoms with Gasteiger partial charge in [0, 0.05) is 41.5 Å². The van der Waals surface area contributed by atoms with Gasteiger partial charge in [-0.3, -0.25) is 19.2 Å². The monoisotopic (exact) mass is 529 g/mol. The minimum absolute atomic E-state index is 0.0228. The zero-order chi connectivity index (χ0) is 27.6. The zero-order valence-corrected chi connectivity index (χ0v) is 21.9. The van der Waals surface area contributed by atoms with Gasteiger partial charge < -0.3 is 26.3 Å². The molecule has 4 rings (SSSR count). The SMILES string of the molecule is N=CC(=O)CC[C@H](NC(=O)[C@H](Cc1c[nH]c2ccccc12)NC(=O)C1CCCCC1)C(=O)Nc1ccccc1. The third-order valence-electron chi connectivity index (χ3n) is 7.22. The average molecular weight is 530 g/mol. The van der Waals surface area contributed by atoms with Crippen LogP contribution < -0.4 is 16.0 Å². The van der Waals surface area contributed by atoms with Gasteiger partial charge in [-0.25, -0.2) is 0 Å². The Morgan fingerprint density at radius 2 is 1.62 bits per heavy atom. The number of aromatic amines is 1. The van der Waals surface area contributed by atoms with Crippen LogP contribution in [0.3, 0.4) is 0 Å². The molecule has 1 aliphatic rings. The molecule has 0 aliphatic heterocycles. The summed E-state index contributed by atoms with van der Waals surface area (Å²) < 4.78 is 0. The van der Waals surface area contributed by atoms with Gasteiger partial charge in [-0.15, -0.1) is 0 Å². The maximum Gasteiger partial charge on any atom is 0.246 e. The number of anilines is 1. The second-order valence-electron chi connectivity index (χ2n) is 10.0. The number of hydrogen-bond donors (Lipinski definition) is 5. The van der Waals surface area contributed by atoms with Gasteiger partial charge in [0.1, 0.15) is 12.1 Å². The Labute approximate surface area is 227 Å². The molecule has 0 unspecified atom stereocenters. The molecule has 5 N–H and O–H groups in total. The van der Waals surface area contributed by atoms with E-state index in [0.29, 0.717) is 11.9 Å². The maximum absolute atomic E-state index is 13.7. The number of carbonyl (C=O) groups is 4. The second-order valence-corrected chi connectivity index (χ2v) is 10.0. The molecule has 204 valence electrons. The molecule has 0 spiro atoms. The number of Topliss-reactive ketones (excluding diaryl/α,β-unsaturated/α-hetero) is 1. The highest BCUT2D eigenvalue weighted by atomic mass is 16.2. The van der Waals surface area contributed by atoms with Gasteiger partial charge in [-0.05, 0) is 43.0 Å². The van der Waals surface area contributed by atoms with E-state index >= 15 is 0 Å². The second kappa shape index (κ2) is 13.5. The summed E-state index contributed by atoms with van der Waals surface area (Å²) in [6.45, 7) is 0. The van der Waals surface area contributed by atoms with Gasteiger partial charge in [0.25, 0.3) is 0 Å². The molecular formula is C30H35N5O4. The molecule has 39 heavy (non-hydrogen) atoms. The Balaban J connectivity index is 1.54. The van der Waals surface area contributed by atoms with E-state index in [-0.39, 0.29) is 31.1 Å². The Morgan fingerprint density at radius 3 is 2.36 bits per heavy atom. The van der Waals surface area contributed by atoms with E-state index < -0.39 is 29.7 Å². The highest BCUT2D eigenvalue weighted by molar-refractivity contribution is 6.26. The number of aromatic nitrogens is 1. The first-order chi connectivity index (χ1) is 18.9. The minimum Gasteiger partial charge on any atom is -0.361 e. The van der Waals surface area contributed by atoms with E-state index in [2.05, 4.69) is 20.9 Å². The summed E-state index contributed by atoms with van der Waals surface area (Å²) in [7, 11) is 0. The summed E-state index contributed by atoms with van der Waals surface area (Å²) in [5.41, 5.74) is 2.36. The number of benzene rings is 2. The first-order valence-electron chi connectivity index (χ1n) is 13.5. The number of ketones is 1. The standard InChI is InChI=1S/C30H35N5O4/c31-18-23(36)15-16-26(29(38)33-22-11-5-2-6-12-22)34-30(39)27(35-28(37)20-9-3-1-4-10-20)17-21-19-32-25-14-8-7-13-24(21)25/h2,5-8,11-14,18-20,26-27,31-32H,1,3-4,9-10,15-17H2,(H,33,38)(H,34,39)(H,35,37)/t26-,27-/m0/s1. The van der Waals surface area contributed by atoms with Crippen LogP contribution in [0, 0.1) is 11.3 Å². The van der Waals surface area contributed by atoms with Crippen molar-refractivity contribution in [2.75, 3.05) is 5.32 Å². The molecule has 1 aromatic heterocycles. The van der Waals surface area contributed by atoms with E-state index in [1.54, 1.807) is 24.3 Å². The maximum atomic E-state index is 13.7. The molecule has 1 aliphatic carbocycles. The zero-order valence-electron chi connectivity index (χ0n) is 21.9. The highest BCUT2D eigenvalue weighted by Crippen LogP contribution is 2.24. The molecule has 0 saturated heterocycles. The van der Waals surface area contributed by atoms with Crippen LogP contribution in [-0.2, 0) is 25.6 Å². The van der Waals surface area contributed by atoms with Crippen LogP contribution in [0.5, 0.6) is 0 Å². The molecular weight excluding hydrogens is 494 g/mol. The first kappa shape index (κ1) is 27.8. The Kier molecular flexibility index (Phi) is 9.61. The molecule has 1 heterocycles. The predicted molar refractivity (Wildman–Crippen MR) is 151 cm³/mol. The summed E-state index contributed by atoms with van der Waals surface area (Å²) in [6, 6.07) is 14.6. The predicted octanol–water partition coefficient (Wildman–Crippen LogP) is 3.90. The summed E-state index contributed by atoms with van der Waals surface area (Å²) >= 11 is 0. The largest absolute Gasteiger partial charge is 0.361 e. The van der Waals surface area contributed by atoms with Gasteiger partial charge in [0.15, 0.2) is 5.78 Å². The van der Waals surface area contributed by atoms with Crippen molar-refractivity contribution in [3.05, 3.63) is 66.4 Å². The molecule has 2 atom stereocenters. The molecule has 1 fully saturated rings. The normalized spacial score (nSPS) is 15.2. The topological polar surface area (TPSA) is 144 Å². The fraction of sp³-hybridized carbons (Fsp3) is 0.367. The fourth-order valence-electron chi connectivity index (χ4n) is 5.03. The highest BCUT2D eigenvalue weighted by Gasteiger charge is 2.30. The van der Waals surface area contributed by atoms with Crippen LogP contribution in [0.4, 0.5) is 5.69 Å². The summed E-state index contributed by atoms with van der Waals surface area (Å²) in [6.07, 6.45) is 7.39. The number of H-pyrrole nitrogens is 1. The van der Waals surface area contributed by atoms with Gasteiger partial charge in [0.2, 0.25) is 17.7 Å².